The van der Waals surface area contributed by atoms with Crippen LogP contribution in [-0.4, -0.2) is 16.3 Å². The van der Waals surface area contributed by atoms with E-state index in [0.717, 1.165) is 22.1 Å². The largest absolute Gasteiger partial charge is 0.507 e. The molecule has 0 aromatic heterocycles. The molecular formula is C15H18N2O2S. The van der Waals surface area contributed by atoms with Gasteiger partial charge in [0.05, 0.1) is 0 Å². The first-order valence-electron chi connectivity index (χ1n) is 6.48. The van der Waals surface area contributed by atoms with Crippen molar-refractivity contribution in [1.82, 2.24) is 5.43 Å². The number of nitrogens with one attached hydrogen (secondary N) is 1. The summed E-state index contributed by atoms with van der Waals surface area (Å²) < 4.78 is 0. The zero-order chi connectivity index (χ0) is 14.5. The van der Waals surface area contributed by atoms with Crippen LogP contribution in [-0.2, 0) is 4.79 Å². The van der Waals surface area contributed by atoms with Gasteiger partial charge in [-0.1, -0.05) is 31.2 Å². The number of carbonyl (C=O) groups is 1. The van der Waals surface area contributed by atoms with Gasteiger partial charge < -0.3 is 5.11 Å². The maximum atomic E-state index is 11.1. The normalized spacial score (nSPS) is 12.3. The molecule has 0 bridgehead atoms. The zero-order valence-electron chi connectivity index (χ0n) is 11.3. The van der Waals surface area contributed by atoms with E-state index < -0.39 is 0 Å². The summed E-state index contributed by atoms with van der Waals surface area (Å²) in [6.07, 6.45) is 1.17. The van der Waals surface area contributed by atoms with Crippen LogP contribution in [0.5, 0.6) is 5.75 Å². The van der Waals surface area contributed by atoms with Crippen molar-refractivity contribution in [2.75, 3.05) is 0 Å². The summed E-state index contributed by atoms with van der Waals surface area (Å²) in [6, 6.07) is 11.4. The Hall–Kier alpha value is -1.72. The highest BCUT2D eigenvalue weighted by molar-refractivity contribution is 8.00. The molecule has 0 heterocycles. The summed E-state index contributed by atoms with van der Waals surface area (Å²) in [6.45, 7) is 2.08. The second kappa shape index (κ2) is 6.63. The van der Waals surface area contributed by atoms with Gasteiger partial charge in [-0.2, -0.15) is 0 Å². The Bertz CT molecular complexity index is 616. The fourth-order valence-electron chi connectivity index (χ4n) is 2.04. The number of hydrogen-bond acceptors (Lipinski definition) is 4. The van der Waals surface area contributed by atoms with E-state index in [2.05, 4.69) is 12.3 Å². The second-order valence-electron chi connectivity index (χ2n) is 4.66. The van der Waals surface area contributed by atoms with Crippen molar-refractivity contribution in [1.29, 1.82) is 0 Å². The summed E-state index contributed by atoms with van der Waals surface area (Å²) in [7, 11) is 0. The minimum atomic E-state index is -0.145. The fourth-order valence-corrected chi connectivity index (χ4v) is 3.16. The number of benzene rings is 2. The highest BCUT2D eigenvalue weighted by atomic mass is 32.2. The van der Waals surface area contributed by atoms with Crippen molar-refractivity contribution >= 4 is 28.4 Å². The molecule has 106 valence electrons. The Morgan fingerprint density at radius 1 is 1.30 bits per heavy atom. The molecule has 0 aliphatic carbocycles. The first-order valence-corrected chi connectivity index (χ1v) is 7.36. The van der Waals surface area contributed by atoms with Crippen LogP contribution in [0.15, 0.2) is 41.3 Å². The fraction of sp³-hybridized carbons (Fsp3) is 0.267. The molecule has 0 fully saturated rings. The number of hydrogen-bond donors (Lipinski definition) is 3. The van der Waals surface area contributed by atoms with Gasteiger partial charge in [0.2, 0.25) is 5.91 Å². The van der Waals surface area contributed by atoms with Gasteiger partial charge in [0.1, 0.15) is 5.75 Å². The van der Waals surface area contributed by atoms with Gasteiger partial charge in [-0.3, -0.25) is 10.2 Å². The number of phenols is 1. The highest BCUT2D eigenvalue weighted by Crippen LogP contribution is 2.36. The predicted octanol–water partition coefficient (Wildman–Crippen LogP) is 2.80. The smallest absolute Gasteiger partial charge is 0.233 e. The molecule has 2 aromatic rings. The standard InChI is InChI=1S/C15H18N2O2S/c1-10(6-9-15(19)17-16)20-14-8-7-13(18)11-4-2-3-5-12(11)14/h2-5,7-8,10,18H,6,9,16H2,1H3,(H,17,19). The molecule has 0 saturated carbocycles. The quantitative estimate of drug-likeness (QED) is 0.342. The minimum absolute atomic E-state index is 0.145. The molecule has 2 aromatic carbocycles. The molecule has 0 spiro atoms. The van der Waals surface area contributed by atoms with E-state index in [0.29, 0.717) is 17.4 Å². The molecule has 1 amide bonds. The third kappa shape index (κ3) is 3.43. The molecule has 0 radical (unpaired) electrons. The number of carbonyl (C=O) groups excluding carboxylic acids is 1. The predicted molar refractivity (Wildman–Crippen MR) is 82.5 cm³/mol. The molecule has 4 N–H and O–H groups in total. The maximum Gasteiger partial charge on any atom is 0.233 e. The number of thioether (sulfide) groups is 1. The monoisotopic (exact) mass is 290 g/mol. The lowest BCUT2D eigenvalue weighted by Crippen LogP contribution is -2.30. The van der Waals surface area contributed by atoms with Gasteiger partial charge in [0, 0.05) is 22.0 Å². The van der Waals surface area contributed by atoms with Crippen LogP contribution in [0.1, 0.15) is 19.8 Å². The summed E-state index contributed by atoms with van der Waals surface area (Å²) in [4.78, 5) is 12.3. The number of phenolic OH excluding ortho intramolecular Hbond substituents is 1. The van der Waals surface area contributed by atoms with Gasteiger partial charge in [-0.05, 0) is 23.9 Å². The van der Waals surface area contributed by atoms with E-state index in [9.17, 15) is 9.90 Å². The Balaban J connectivity index is 2.13. The number of rotatable bonds is 5. The molecule has 2 rings (SSSR count). The first kappa shape index (κ1) is 14.7. The Morgan fingerprint density at radius 3 is 2.70 bits per heavy atom. The van der Waals surface area contributed by atoms with Crippen molar-refractivity contribution < 1.29 is 9.90 Å². The lowest BCUT2D eigenvalue weighted by atomic mass is 10.1. The van der Waals surface area contributed by atoms with Gasteiger partial charge in [0.25, 0.3) is 0 Å². The van der Waals surface area contributed by atoms with Gasteiger partial charge in [-0.15, -0.1) is 11.8 Å². The molecule has 1 atom stereocenters. The van der Waals surface area contributed by atoms with Crippen LogP contribution in [0.2, 0.25) is 0 Å². The lowest BCUT2D eigenvalue weighted by molar-refractivity contribution is -0.121. The molecule has 1 unspecified atom stereocenters. The third-order valence-electron chi connectivity index (χ3n) is 3.13. The second-order valence-corrected chi connectivity index (χ2v) is 6.14. The minimum Gasteiger partial charge on any atom is -0.507 e. The van der Waals surface area contributed by atoms with Crippen molar-refractivity contribution in [3.63, 3.8) is 0 Å². The van der Waals surface area contributed by atoms with E-state index in [1.54, 1.807) is 17.8 Å². The van der Waals surface area contributed by atoms with Crippen molar-refractivity contribution in [3.8, 4) is 5.75 Å². The van der Waals surface area contributed by atoms with Crippen molar-refractivity contribution in [3.05, 3.63) is 36.4 Å². The maximum absolute atomic E-state index is 11.1. The van der Waals surface area contributed by atoms with Gasteiger partial charge in [-0.25, -0.2) is 5.84 Å². The summed E-state index contributed by atoms with van der Waals surface area (Å²) in [5, 5.41) is 12.0. The van der Waals surface area contributed by atoms with E-state index in [1.807, 2.05) is 30.3 Å². The van der Waals surface area contributed by atoms with Crippen molar-refractivity contribution in [2.45, 2.75) is 29.9 Å². The highest BCUT2D eigenvalue weighted by Gasteiger charge is 2.11. The lowest BCUT2D eigenvalue weighted by Gasteiger charge is -2.13. The molecule has 0 aliphatic heterocycles. The van der Waals surface area contributed by atoms with E-state index >= 15 is 0 Å². The third-order valence-corrected chi connectivity index (χ3v) is 4.38. The number of fused-ring (bicyclic) bond motifs is 1. The number of hydrazine groups is 1. The molecule has 0 saturated heterocycles. The Morgan fingerprint density at radius 2 is 2.00 bits per heavy atom. The molecule has 5 heteroatoms. The topological polar surface area (TPSA) is 75.4 Å². The first-order chi connectivity index (χ1) is 9.61. The van der Waals surface area contributed by atoms with Gasteiger partial charge in [0.15, 0.2) is 0 Å². The van der Waals surface area contributed by atoms with Crippen LogP contribution in [0.25, 0.3) is 10.8 Å². The number of amides is 1. The summed E-state index contributed by atoms with van der Waals surface area (Å²) in [5.41, 5.74) is 2.14. The van der Waals surface area contributed by atoms with Crippen LogP contribution in [0.4, 0.5) is 0 Å². The van der Waals surface area contributed by atoms with E-state index in [1.165, 1.54) is 0 Å². The van der Waals surface area contributed by atoms with Crippen LogP contribution < -0.4 is 11.3 Å². The molecule has 4 nitrogen and oxygen atoms in total. The van der Waals surface area contributed by atoms with Crippen molar-refractivity contribution in [2.24, 2.45) is 5.84 Å². The van der Waals surface area contributed by atoms with E-state index in [4.69, 9.17) is 5.84 Å². The molecular weight excluding hydrogens is 272 g/mol. The SMILES string of the molecule is CC(CCC(=O)NN)Sc1ccc(O)c2ccccc12. The summed E-state index contributed by atoms with van der Waals surface area (Å²) in [5.74, 6) is 5.21. The molecule has 20 heavy (non-hydrogen) atoms. The Kier molecular flexibility index (Phi) is 4.87. The van der Waals surface area contributed by atoms with Crippen LogP contribution in [0.3, 0.4) is 0 Å². The average molecular weight is 290 g/mol. The summed E-state index contributed by atoms with van der Waals surface area (Å²) >= 11 is 1.70. The number of nitrogens with two attached hydrogens (primary N) is 1. The van der Waals surface area contributed by atoms with Gasteiger partial charge >= 0.3 is 0 Å². The van der Waals surface area contributed by atoms with Crippen LogP contribution >= 0.6 is 11.8 Å². The van der Waals surface area contributed by atoms with E-state index in [-0.39, 0.29) is 5.91 Å². The molecule has 0 aliphatic rings. The Labute approximate surface area is 122 Å². The van der Waals surface area contributed by atoms with Crippen LogP contribution in [0, 0.1) is 0 Å². The number of aromatic hydroxyl groups is 1. The average Bonchev–Trinajstić information content (AvgIpc) is 2.48. The zero-order valence-corrected chi connectivity index (χ0v) is 12.1.